The molecular formula is C13H27NO4. The lowest BCUT2D eigenvalue weighted by molar-refractivity contribution is -0.0782. The summed E-state index contributed by atoms with van der Waals surface area (Å²) in [5, 5.41) is 9.75. The third kappa shape index (κ3) is 6.11. The SMILES string of the molecule is COCC(C)OCC(O)COC1CCCCC1N. The van der Waals surface area contributed by atoms with Gasteiger partial charge in [-0.1, -0.05) is 12.8 Å². The molecule has 0 aliphatic heterocycles. The average Bonchev–Trinajstić information content (AvgIpc) is 2.36. The number of methoxy groups -OCH3 is 1. The maximum atomic E-state index is 9.75. The van der Waals surface area contributed by atoms with Gasteiger partial charge < -0.3 is 25.1 Å². The standard InChI is InChI=1S/C13H27NO4/c1-10(7-16-2)17-8-11(15)9-18-13-6-4-3-5-12(13)14/h10-13,15H,3-9,14H2,1-2H3. The van der Waals surface area contributed by atoms with Crippen LogP contribution in [-0.2, 0) is 14.2 Å². The minimum Gasteiger partial charge on any atom is -0.388 e. The summed E-state index contributed by atoms with van der Waals surface area (Å²) < 4.78 is 16.0. The van der Waals surface area contributed by atoms with E-state index in [0.29, 0.717) is 6.61 Å². The van der Waals surface area contributed by atoms with Gasteiger partial charge in [0.25, 0.3) is 0 Å². The van der Waals surface area contributed by atoms with Crippen LogP contribution in [0.25, 0.3) is 0 Å². The first-order valence-electron chi connectivity index (χ1n) is 6.79. The minimum atomic E-state index is -0.599. The molecule has 0 radical (unpaired) electrons. The number of hydrogen-bond acceptors (Lipinski definition) is 5. The average molecular weight is 261 g/mol. The topological polar surface area (TPSA) is 73.9 Å². The van der Waals surface area contributed by atoms with E-state index in [2.05, 4.69) is 0 Å². The molecule has 1 rings (SSSR count). The zero-order chi connectivity index (χ0) is 13.4. The summed E-state index contributed by atoms with van der Waals surface area (Å²) in [5.41, 5.74) is 5.97. The molecule has 1 aliphatic carbocycles. The lowest BCUT2D eigenvalue weighted by atomic mass is 9.93. The fourth-order valence-electron chi connectivity index (χ4n) is 2.17. The molecule has 0 heterocycles. The van der Waals surface area contributed by atoms with Gasteiger partial charge >= 0.3 is 0 Å². The van der Waals surface area contributed by atoms with E-state index < -0.39 is 6.10 Å². The predicted molar refractivity (Wildman–Crippen MR) is 69.5 cm³/mol. The van der Waals surface area contributed by atoms with E-state index in [9.17, 15) is 5.11 Å². The maximum absolute atomic E-state index is 9.75. The molecular weight excluding hydrogens is 234 g/mol. The van der Waals surface area contributed by atoms with Gasteiger partial charge in [-0.25, -0.2) is 0 Å². The van der Waals surface area contributed by atoms with Crippen LogP contribution in [0.5, 0.6) is 0 Å². The van der Waals surface area contributed by atoms with Gasteiger partial charge in [-0.2, -0.15) is 0 Å². The monoisotopic (exact) mass is 261 g/mol. The Labute approximate surface area is 110 Å². The fourth-order valence-corrected chi connectivity index (χ4v) is 2.17. The Hall–Kier alpha value is -0.200. The molecule has 0 aromatic rings. The number of aliphatic hydroxyl groups is 1. The zero-order valence-electron chi connectivity index (χ0n) is 11.5. The molecule has 0 aromatic carbocycles. The van der Waals surface area contributed by atoms with Crippen molar-refractivity contribution >= 4 is 0 Å². The number of rotatable bonds is 8. The van der Waals surface area contributed by atoms with Crippen LogP contribution in [-0.4, -0.2) is 56.4 Å². The second kappa shape index (κ2) is 8.82. The highest BCUT2D eigenvalue weighted by Crippen LogP contribution is 2.19. The van der Waals surface area contributed by atoms with Crippen LogP contribution in [0.4, 0.5) is 0 Å². The normalized spacial score (nSPS) is 28.0. The summed E-state index contributed by atoms with van der Waals surface area (Å²) in [6, 6.07) is 0.110. The van der Waals surface area contributed by atoms with Crippen LogP contribution >= 0.6 is 0 Å². The highest BCUT2D eigenvalue weighted by atomic mass is 16.5. The Morgan fingerprint density at radius 3 is 2.61 bits per heavy atom. The molecule has 108 valence electrons. The summed E-state index contributed by atoms with van der Waals surface area (Å²) in [6.07, 6.45) is 3.83. The first kappa shape index (κ1) is 15.9. The van der Waals surface area contributed by atoms with Crippen molar-refractivity contribution < 1.29 is 19.3 Å². The maximum Gasteiger partial charge on any atom is 0.101 e. The van der Waals surface area contributed by atoms with Gasteiger partial charge in [0.2, 0.25) is 0 Å². The molecule has 5 nitrogen and oxygen atoms in total. The van der Waals surface area contributed by atoms with E-state index in [1.54, 1.807) is 7.11 Å². The van der Waals surface area contributed by atoms with Crippen LogP contribution in [0.3, 0.4) is 0 Å². The third-order valence-corrected chi connectivity index (χ3v) is 3.23. The zero-order valence-corrected chi connectivity index (χ0v) is 11.5. The number of nitrogens with two attached hydrogens (primary N) is 1. The molecule has 5 heteroatoms. The van der Waals surface area contributed by atoms with Gasteiger partial charge in [0, 0.05) is 13.2 Å². The third-order valence-electron chi connectivity index (χ3n) is 3.23. The van der Waals surface area contributed by atoms with Crippen molar-refractivity contribution in [2.24, 2.45) is 5.73 Å². The molecule has 0 amide bonds. The van der Waals surface area contributed by atoms with Gasteiger partial charge in [0.05, 0.1) is 32.0 Å². The van der Waals surface area contributed by atoms with Gasteiger partial charge in [-0.15, -0.1) is 0 Å². The molecule has 0 bridgehead atoms. The van der Waals surface area contributed by atoms with E-state index in [4.69, 9.17) is 19.9 Å². The molecule has 1 saturated carbocycles. The molecule has 18 heavy (non-hydrogen) atoms. The Morgan fingerprint density at radius 2 is 1.94 bits per heavy atom. The molecule has 4 unspecified atom stereocenters. The van der Waals surface area contributed by atoms with Crippen LogP contribution in [0.1, 0.15) is 32.6 Å². The van der Waals surface area contributed by atoms with Gasteiger partial charge in [0.1, 0.15) is 6.10 Å². The lowest BCUT2D eigenvalue weighted by Crippen LogP contribution is -2.41. The van der Waals surface area contributed by atoms with E-state index >= 15 is 0 Å². The molecule has 1 aliphatic rings. The van der Waals surface area contributed by atoms with Crippen molar-refractivity contribution in [3.05, 3.63) is 0 Å². The molecule has 3 N–H and O–H groups in total. The number of ether oxygens (including phenoxy) is 3. The molecule has 0 spiro atoms. The van der Waals surface area contributed by atoms with Crippen LogP contribution in [0.15, 0.2) is 0 Å². The highest BCUT2D eigenvalue weighted by molar-refractivity contribution is 4.78. The van der Waals surface area contributed by atoms with Gasteiger partial charge in [0.15, 0.2) is 0 Å². The molecule has 0 aromatic heterocycles. The Bertz CT molecular complexity index is 215. The van der Waals surface area contributed by atoms with Crippen molar-refractivity contribution in [1.29, 1.82) is 0 Å². The van der Waals surface area contributed by atoms with Crippen molar-refractivity contribution in [3.63, 3.8) is 0 Å². The largest absolute Gasteiger partial charge is 0.388 e. The molecule has 1 fully saturated rings. The Balaban J connectivity index is 2.10. The van der Waals surface area contributed by atoms with E-state index in [1.807, 2.05) is 6.92 Å². The number of aliphatic hydroxyl groups excluding tert-OH is 1. The minimum absolute atomic E-state index is 0.0124. The quantitative estimate of drug-likeness (QED) is 0.672. The van der Waals surface area contributed by atoms with Crippen molar-refractivity contribution in [2.45, 2.75) is 57.0 Å². The Kier molecular flexibility index (Phi) is 7.77. The van der Waals surface area contributed by atoms with Crippen LogP contribution in [0, 0.1) is 0 Å². The summed E-state index contributed by atoms with van der Waals surface area (Å²) >= 11 is 0. The highest BCUT2D eigenvalue weighted by Gasteiger charge is 2.23. The van der Waals surface area contributed by atoms with Crippen LogP contribution in [0.2, 0.25) is 0 Å². The lowest BCUT2D eigenvalue weighted by Gasteiger charge is -2.29. The summed E-state index contributed by atoms with van der Waals surface area (Å²) in [7, 11) is 1.63. The van der Waals surface area contributed by atoms with Crippen LogP contribution < -0.4 is 5.73 Å². The summed E-state index contributed by atoms with van der Waals surface area (Å²) in [4.78, 5) is 0. The molecule has 0 saturated heterocycles. The first-order valence-corrected chi connectivity index (χ1v) is 6.79. The molecule has 4 atom stereocenters. The van der Waals surface area contributed by atoms with Crippen molar-refractivity contribution in [1.82, 2.24) is 0 Å². The fraction of sp³-hybridized carbons (Fsp3) is 1.00. The second-order valence-electron chi connectivity index (χ2n) is 5.07. The first-order chi connectivity index (χ1) is 8.63. The van der Waals surface area contributed by atoms with E-state index in [-0.39, 0.29) is 31.5 Å². The van der Waals surface area contributed by atoms with Crippen molar-refractivity contribution in [3.8, 4) is 0 Å². The summed E-state index contributed by atoms with van der Waals surface area (Å²) in [5.74, 6) is 0. The second-order valence-corrected chi connectivity index (χ2v) is 5.07. The number of hydrogen-bond donors (Lipinski definition) is 2. The van der Waals surface area contributed by atoms with Crippen molar-refractivity contribution in [2.75, 3.05) is 26.9 Å². The van der Waals surface area contributed by atoms with Gasteiger partial charge in [-0.3, -0.25) is 0 Å². The van der Waals surface area contributed by atoms with E-state index in [1.165, 1.54) is 6.42 Å². The predicted octanol–water partition coefficient (Wildman–Crippen LogP) is 0.685. The Morgan fingerprint density at radius 1 is 1.22 bits per heavy atom. The van der Waals surface area contributed by atoms with Gasteiger partial charge in [-0.05, 0) is 19.8 Å². The smallest absolute Gasteiger partial charge is 0.101 e. The summed E-state index contributed by atoms with van der Waals surface area (Å²) in [6.45, 7) is 3.00. The van der Waals surface area contributed by atoms with E-state index in [0.717, 1.165) is 19.3 Å².